The van der Waals surface area contributed by atoms with E-state index in [0.717, 1.165) is 5.76 Å². The van der Waals surface area contributed by atoms with Crippen LogP contribution in [0.4, 0.5) is 5.82 Å². The fraction of sp³-hybridized carbons (Fsp3) is 0.200. The average molecular weight is 224 g/mol. The number of anilines is 1. The molecule has 2 aromatic heterocycles. The van der Waals surface area contributed by atoms with Crippen molar-refractivity contribution >= 4 is 17.4 Å². The number of hydrogen-bond acceptors (Lipinski definition) is 4. The van der Waals surface area contributed by atoms with Crippen molar-refractivity contribution in [3.05, 3.63) is 41.7 Å². The minimum Gasteiger partial charge on any atom is -0.467 e. The summed E-state index contributed by atoms with van der Waals surface area (Å²) >= 11 is 5.67. The summed E-state index contributed by atoms with van der Waals surface area (Å²) in [6.45, 7) is 1.98. The van der Waals surface area contributed by atoms with Gasteiger partial charge in [0.1, 0.15) is 11.6 Å². The van der Waals surface area contributed by atoms with Gasteiger partial charge in [-0.2, -0.15) is 0 Å². The van der Waals surface area contributed by atoms with Crippen molar-refractivity contribution in [2.75, 3.05) is 5.32 Å². The van der Waals surface area contributed by atoms with E-state index in [1.165, 1.54) is 0 Å². The highest BCUT2D eigenvalue weighted by Gasteiger charge is 2.08. The number of furan rings is 1. The van der Waals surface area contributed by atoms with E-state index < -0.39 is 0 Å². The Balaban J connectivity index is 2.09. The monoisotopic (exact) mass is 223 g/mol. The maximum Gasteiger partial charge on any atom is 0.224 e. The molecule has 2 heterocycles. The highest BCUT2D eigenvalue weighted by molar-refractivity contribution is 6.28. The third-order valence-electron chi connectivity index (χ3n) is 1.96. The predicted octanol–water partition coefficient (Wildman–Crippen LogP) is 2.90. The molecule has 1 atom stereocenters. The lowest BCUT2D eigenvalue weighted by atomic mass is 10.2. The van der Waals surface area contributed by atoms with E-state index in [0.29, 0.717) is 5.82 Å². The Labute approximate surface area is 92.3 Å². The topological polar surface area (TPSA) is 51.0 Å². The normalized spacial score (nSPS) is 12.4. The van der Waals surface area contributed by atoms with Crippen LogP contribution < -0.4 is 5.32 Å². The van der Waals surface area contributed by atoms with Gasteiger partial charge in [-0.3, -0.25) is 0 Å². The fourth-order valence-electron chi connectivity index (χ4n) is 1.25. The summed E-state index contributed by atoms with van der Waals surface area (Å²) in [7, 11) is 0. The summed E-state index contributed by atoms with van der Waals surface area (Å²) < 4.78 is 5.26. The first kappa shape index (κ1) is 9.98. The van der Waals surface area contributed by atoms with Gasteiger partial charge in [0.15, 0.2) is 0 Å². The van der Waals surface area contributed by atoms with E-state index in [2.05, 4.69) is 15.3 Å². The van der Waals surface area contributed by atoms with Crippen molar-refractivity contribution in [2.24, 2.45) is 0 Å². The minimum atomic E-state index is 0.0472. The third kappa shape index (κ3) is 2.47. The molecule has 0 saturated carbocycles. The number of aromatic nitrogens is 2. The van der Waals surface area contributed by atoms with E-state index >= 15 is 0 Å². The molecule has 5 heteroatoms. The van der Waals surface area contributed by atoms with Crippen molar-refractivity contribution in [1.82, 2.24) is 9.97 Å². The Bertz CT molecular complexity index is 430. The van der Waals surface area contributed by atoms with Crippen LogP contribution in [0.2, 0.25) is 5.28 Å². The largest absolute Gasteiger partial charge is 0.467 e. The van der Waals surface area contributed by atoms with Crippen molar-refractivity contribution in [2.45, 2.75) is 13.0 Å². The molecule has 1 N–H and O–H groups in total. The molecule has 0 aliphatic heterocycles. The molecule has 0 amide bonds. The quantitative estimate of drug-likeness (QED) is 0.813. The number of rotatable bonds is 3. The van der Waals surface area contributed by atoms with Crippen LogP contribution in [0.15, 0.2) is 35.1 Å². The summed E-state index contributed by atoms with van der Waals surface area (Å²) in [6, 6.07) is 5.55. The van der Waals surface area contributed by atoms with Crippen LogP contribution in [-0.4, -0.2) is 9.97 Å². The standard InChI is InChI=1S/C10H10ClN3O/c1-7(8-3-2-6-15-8)13-9-4-5-12-10(11)14-9/h2-7H,1H3,(H,12,13,14). The molecule has 15 heavy (non-hydrogen) atoms. The lowest BCUT2D eigenvalue weighted by Gasteiger charge is -2.11. The molecule has 78 valence electrons. The molecule has 0 aromatic carbocycles. The molecule has 2 rings (SSSR count). The molecule has 0 aliphatic carbocycles. The lowest BCUT2D eigenvalue weighted by molar-refractivity contribution is 0.490. The Morgan fingerprint density at radius 2 is 2.33 bits per heavy atom. The first-order valence-electron chi connectivity index (χ1n) is 4.54. The molecule has 0 bridgehead atoms. The summed E-state index contributed by atoms with van der Waals surface area (Å²) in [5.74, 6) is 1.53. The fourth-order valence-corrected chi connectivity index (χ4v) is 1.39. The molecule has 1 unspecified atom stereocenters. The molecule has 4 nitrogen and oxygen atoms in total. The van der Waals surface area contributed by atoms with Crippen molar-refractivity contribution in [3.63, 3.8) is 0 Å². The van der Waals surface area contributed by atoms with E-state index in [4.69, 9.17) is 16.0 Å². The Morgan fingerprint density at radius 3 is 3.00 bits per heavy atom. The number of hydrogen-bond donors (Lipinski definition) is 1. The van der Waals surface area contributed by atoms with Crippen molar-refractivity contribution < 1.29 is 4.42 Å². The van der Waals surface area contributed by atoms with E-state index in [9.17, 15) is 0 Å². The van der Waals surface area contributed by atoms with Crippen LogP contribution >= 0.6 is 11.6 Å². The van der Waals surface area contributed by atoms with Gasteiger partial charge in [-0.15, -0.1) is 0 Å². The molecule has 0 aliphatic rings. The Morgan fingerprint density at radius 1 is 1.47 bits per heavy atom. The van der Waals surface area contributed by atoms with Crippen LogP contribution in [-0.2, 0) is 0 Å². The van der Waals surface area contributed by atoms with E-state index in [-0.39, 0.29) is 11.3 Å². The van der Waals surface area contributed by atoms with Crippen LogP contribution in [0.5, 0.6) is 0 Å². The molecule has 0 radical (unpaired) electrons. The SMILES string of the molecule is CC(Nc1ccnc(Cl)n1)c1ccco1. The van der Waals surface area contributed by atoms with Gasteiger partial charge in [0.25, 0.3) is 0 Å². The zero-order valence-corrected chi connectivity index (χ0v) is 8.90. The van der Waals surface area contributed by atoms with Crippen LogP contribution in [0.3, 0.4) is 0 Å². The third-order valence-corrected chi connectivity index (χ3v) is 2.14. The van der Waals surface area contributed by atoms with Gasteiger partial charge in [0.05, 0.1) is 12.3 Å². The number of nitrogens with zero attached hydrogens (tertiary/aromatic N) is 2. The molecule has 2 aromatic rings. The second-order valence-electron chi connectivity index (χ2n) is 3.09. The van der Waals surface area contributed by atoms with Crippen LogP contribution in [0.1, 0.15) is 18.7 Å². The first-order chi connectivity index (χ1) is 7.25. The molecular formula is C10H10ClN3O. The molecule has 0 fully saturated rings. The Hall–Kier alpha value is -1.55. The Kier molecular flexibility index (Phi) is 2.87. The van der Waals surface area contributed by atoms with Gasteiger partial charge < -0.3 is 9.73 Å². The molecule has 0 spiro atoms. The van der Waals surface area contributed by atoms with Crippen molar-refractivity contribution in [3.8, 4) is 0 Å². The maximum atomic E-state index is 5.67. The molecular weight excluding hydrogens is 214 g/mol. The predicted molar refractivity (Wildman–Crippen MR) is 57.8 cm³/mol. The lowest BCUT2D eigenvalue weighted by Crippen LogP contribution is -2.07. The second-order valence-corrected chi connectivity index (χ2v) is 3.43. The number of halogens is 1. The summed E-state index contributed by atoms with van der Waals surface area (Å²) in [4.78, 5) is 7.83. The van der Waals surface area contributed by atoms with E-state index in [1.54, 1.807) is 18.5 Å². The maximum absolute atomic E-state index is 5.67. The molecule has 0 saturated heterocycles. The van der Waals surface area contributed by atoms with Gasteiger partial charge in [0, 0.05) is 6.20 Å². The van der Waals surface area contributed by atoms with Crippen molar-refractivity contribution in [1.29, 1.82) is 0 Å². The second kappa shape index (κ2) is 4.31. The highest BCUT2D eigenvalue weighted by Crippen LogP contribution is 2.18. The van der Waals surface area contributed by atoms with Crippen LogP contribution in [0.25, 0.3) is 0 Å². The van der Waals surface area contributed by atoms with Crippen LogP contribution in [0, 0.1) is 0 Å². The highest BCUT2D eigenvalue weighted by atomic mass is 35.5. The van der Waals surface area contributed by atoms with Gasteiger partial charge in [-0.1, -0.05) is 0 Å². The van der Waals surface area contributed by atoms with Gasteiger partial charge >= 0.3 is 0 Å². The smallest absolute Gasteiger partial charge is 0.224 e. The zero-order chi connectivity index (χ0) is 10.7. The summed E-state index contributed by atoms with van der Waals surface area (Å²) in [5, 5.41) is 3.38. The minimum absolute atomic E-state index is 0.0472. The van der Waals surface area contributed by atoms with Gasteiger partial charge in [-0.25, -0.2) is 9.97 Å². The number of nitrogens with one attached hydrogen (secondary N) is 1. The summed E-state index contributed by atoms with van der Waals surface area (Å²) in [6.07, 6.45) is 3.24. The van der Waals surface area contributed by atoms with E-state index in [1.807, 2.05) is 19.1 Å². The first-order valence-corrected chi connectivity index (χ1v) is 4.92. The van der Waals surface area contributed by atoms with Gasteiger partial charge in [-0.05, 0) is 36.7 Å². The zero-order valence-electron chi connectivity index (χ0n) is 8.14. The average Bonchev–Trinajstić information content (AvgIpc) is 2.70. The summed E-state index contributed by atoms with van der Waals surface area (Å²) in [5.41, 5.74) is 0. The van der Waals surface area contributed by atoms with Gasteiger partial charge in [0.2, 0.25) is 5.28 Å².